The molecular formula is C27H38N2O2. The highest BCUT2D eigenvalue weighted by Gasteiger charge is 2.09. The molecule has 0 saturated carbocycles. The number of hydrogen-bond donors (Lipinski definition) is 2. The summed E-state index contributed by atoms with van der Waals surface area (Å²) in [6.07, 6.45) is 11.2. The van der Waals surface area contributed by atoms with Crippen LogP contribution >= 0.6 is 0 Å². The predicted molar refractivity (Wildman–Crippen MR) is 132 cm³/mol. The molecule has 0 atom stereocenters. The number of aliphatic imine (C=N–C) groups is 2. The van der Waals surface area contributed by atoms with Gasteiger partial charge in [0.05, 0.1) is 0 Å². The van der Waals surface area contributed by atoms with Gasteiger partial charge in [0.2, 0.25) is 0 Å². The van der Waals surface area contributed by atoms with Gasteiger partial charge in [-0.1, -0.05) is 65.5 Å². The second kappa shape index (κ2) is 12.9. The van der Waals surface area contributed by atoms with Crippen LogP contribution < -0.4 is 0 Å². The van der Waals surface area contributed by atoms with Crippen molar-refractivity contribution in [3.05, 3.63) is 57.6 Å². The maximum atomic E-state index is 10.6. The van der Waals surface area contributed by atoms with Crippen LogP contribution in [-0.4, -0.2) is 29.3 Å². The molecule has 4 heteroatoms. The van der Waals surface area contributed by atoms with Gasteiger partial charge < -0.3 is 10.2 Å². The van der Waals surface area contributed by atoms with Crippen molar-refractivity contribution in [2.24, 2.45) is 9.98 Å². The SMILES string of the molecule is CCCc1cc(C=NCN=Cc2cc(CCC)cc(CCC)c2O)c(O)c(CCC)c1. The number of phenolic OH excluding ortho intramolecular Hbond substituents is 2. The van der Waals surface area contributed by atoms with Gasteiger partial charge in [0, 0.05) is 23.6 Å². The normalized spacial score (nSPS) is 11.7. The molecule has 31 heavy (non-hydrogen) atoms. The second-order valence-corrected chi connectivity index (χ2v) is 8.15. The minimum absolute atomic E-state index is 0.251. The highest BCUT2D eigenvalue weighted by Crippen LogP contribution is 2.27. The van der Waals surface area contributed by atoms with Crippen LogP contribution in [0.25, 0.3) is 0 Å². The van der Waals surface area contributed by atoms with E-state index in [1.807, 2.05) is 12.1 Å². The molecule has 4 nitrogen and oxygen atoms in total. The minimum Gasteiger partial charge on any atom is -0.507 e. The molecule has 0 saturated heterocycles. The number of aromatic hydroxyl groups is 2. The summed E-state index contributed by atoms with van der Waals surface area (Å²) < 4.78 is 0. The Bertz CT molecular complexity index is 827. The number of nitrogens with zero attached hydrogens (tertiary/aromatic N) is 2. The molecule has 168 valence electrons. The predicted octanol–water partition coefficient (Wildman–Crippen LogP) is 6.40. The van der Waals surface area contributed by atoms with Gasteiger partial charge in [0.25, 0.3) is 0 Å². The molecule has 0 amide bonds. The molecule has 0 unspecified atom stereocenters. The molecule has 0 aliphatic rings. The molecule has 2 aromatic carbocycles. The van der Waals surface area contributed by atoms with Gasteiger partial charge in [-0.25, -0.2) is 0 Å². The lowest BCUT2D eigenvalue weighted by Crippen LogP contribution is -1.96. The summed E-state index contributed by atoms with van der Waals surface area (Å²) in [5.74, 6) is 0.645. The van der Waals surface area contributed by atoms with Crippen LogP contribution in [0.5, 0.6) is 11.5 Å². The van der Waals surface area contributed by atoms with Crippen LogP contribution in [0, 0.1) is 0 Å². The third-order valence-electron chi connectivity index (χ3n) is 5.30. The first-order valence-electron chi connectivity index (χ1n) is 11.7. The van der Waals surface area contributed by atoms with Gasteiger partial charge >= 0.3 is 0 Å². The quantitative estimate of drug-likeness (QED) is 0.389. The molecule has 0 fully saturated rings. The van der Waals surface area contributed by atoms with Crippen molar-refractivity contribution in [3.63, 3.8) is 0 Å². The maximum absolute atomic E-state index is 10.6. The lowest BCUT2D eigenvalue weighted by Gasteiger charge is -2.10. The molecule has 2 aromatic rings. The van der Waals surface area contributed by atoms with E-state index in [1.165, 1.54) is 11.1 Å². The van der Waals surface area contributed by atoms with Gasteiger partial charge in [0.15, 0.2) is 0 Å². The van der Waals surface area contributed by atoms with E-state index in [0.29, 0.717) is 11.5 Å². The molecule has 0 spiro atoms. The molecule has 0 bridgehead atoms. The van der Waals surface area contributed by atoms with E-state index in [9.17, 15) is 10.2 Å². The Balaban J connectivity index is 2.17. The van der Waals surface area contributed by atoms with E-state index >= 15 is 0 Å². The van der Waals surface area contributed by atoms with Crippen molar-refractivity contribution >= 4 is 12.4 Å². The number of phenols is 2. The molecule has 0 aliphatic carbocycles. The molecule has 0 aromatic heterocycles. The van der Waals surface area contributed by atoms with E-state index < -0.39 is 0 Å². The van der Waals surface area contributed by atoms with Crippen LogP contribution in [0.3, 0.4) is 0 Å². The molecule has 0 heterocycles. The molecule has 2 N–H and O–H groups in total. The lowest BCUT2D eigenvalue weighted by atomic mass is 9.99. The largest absolute Gasteiger partial charge is 0.507 e. The Morgan fingerprint density at radius 1 is 0.613 bits per heavy atom. The highest BCUT2D eigenvalue weighted by atomic mass is 16.3. The Morgan fingerprint density at radius 3 is 1.35 bits per heavy atom. The van der Waals surface area contributed by atoms with Crippen molar-refractivity contribution in [2.75, 3.05) is 6.67 Å². The lowest BCUT2D eigenvalue weighted by molar-refractivity contribution is 0.466. The third kappa shape index (κ3) is 7.23. The fraction of sp³-hybridized carbons (Fsp3) is 0.481. The van der Waals surface area contributed by atoms with Gasteiger partial charge in [-0.2, -0.15) is 0 Å². The van der Waals surface area contributed by atoms with E-state index in [-0.39, 0.29) is 6.67 Å². The number of hydrogen-bond acceptors (Lipinski definition) is 4. The standard InChI is InChI=1S/C27H38N2O2/c1-5-9-20-13-22(11-7-3)26(30)24(15-20)17-28-19-29-18-25-16-21(10-6-2)14-23(12-8-4)27(25)31/h13-18,30-31H,5-12,19H2,1-4H3. The Kier molecular flexibility index (Phi) is 10.3. The van der Waals surface area contributed by atoms with E-state index in [1.54, 1.807) is 12.4 Å². The molecule has 0 radical (unpaired) electrons. The maximum Gasteiger partial charge on any atom is 0.129 e. The Morgan fingerprint density at radius 2 is 1.00 bits per heavy atom. The van der Waals surface area contributed by atoms with E-state index in [4.69, 9.17) is 0 Å². The fourth-order valence-electron chi connectivity index (χ4n) is 3.88. The average molecular weight is 423 g/mol. The van der Waals surface area contributed by atoms with Crippen molar-refractivity contribution in [3.8, 4) is 11.5 Å². The summed E-state index contributed by atoms with van der Waals surface area (Å²) in [5.41, 5.74) is 5.94. The summed E-state index contributed by atoms with van der Waals surface area (Å²) in [6, 6.07) is 8.25. The first-order chi connectivity index (χ1) is 15.0. The van der Waals surface area contributed by atoms with E-state index in [0.717, 1.165) is 73.6 Å². The second-order valence-electron chi connectivity index (χ2n) is 8.15. The first-order valence-corrected chi connectivity index (χ1v) is 11.7. The summed E-state index contributed by atoms with van der Waals surface area (Å²) in [7, 11) is 0. The molecule has 2 rings (SSSR count). The highest BCUT2D eigenvalue weighted by molar-refractivity contribution is 5.86. The fourth-order valence-corrected chi connectivity index (χ4v) is 3.88. The summed E-state index contributed by atoms with van der Waals surface area (Å²) >= 11 is 0. The smallest absolute Gasteiger partial charge is 0.129 e. The van der Waals surface area contributed by atoms with Crippen LogP contribution in [0.1, 0.15) is 86.8 Å². The number of benzene rings is 2. The van der Waals surface area contributed by atoms with E-state index in [2.05, 4.69) is 49.8 Å². The van der Waals surface area contributed by atoms with Crippen molar-refractivity contribution in [1.29, 1.82) is 0 Å². The summed E-state index contributed by atoms with van der Waals surface area (Å²) in [5, 5.41) is 21.2. The van der Waals surface area contributed by atoms with Crippen LogP contribution in [0.4, 0.5) is 0 Å². The minimum atomic E-state index is 0.251. The number of aryl methyl sites for hydroxylation is 4. The van der Waals surface area contributed by atoms with Gasteiger partial charge in [-0.05, 0) is 60.1 Å². The van der Waals surface area contributed by atoms with Gasteiger partial charge in [0.1, 0.15) is 18.2 Å². The van der Waals surface area contributed by atoms with Crippen molar-refractivity contribution in [2.45, 2.75) is 79.1 Å². The average Bonchev–Trinajstić information content (AvgIpc) is 2.74. The van der Waals surface area contributed by atoms with Crippen LogP contribution in [0.2, 0.25) is 0 Å². The monoisotopic (exact) mass is 422 g/mol. The zero-order valence-corrected chi connectivity index (χ0v) is 19.6. The zero-order chi connectivity index (χ0) is 22.6. The molecular weight excluding hydrogens is 384 g/mol. The van der Waals surface area contributed by atoms with Gasteiger partial charge in [-0.15, -0.1) is 0 Å². The van der Waals surface area contributed by atoms with Gasteiger partial charge in [-0.3, -0.25) is 9.98 Å². The molecule has 0 aliphatic heterocycles. The van der Waals surface area contributed by atoms with Crippen LogP contribution in [-0.2, 0) is 25.7 Å². The first kappa shape index (κ1) is 24.6. The zero-order valence-electron chi connectivity index (χ0n) is 19.6. The topological polar surface area (TPSA) is 65.2 Å². The number of rotatable bonds is 12. The van der Waals surface area contributed by atoms with Crippen molar-refractivity contribution in [1.82, 2.24) is 0 Å². The summed E-state index contributed by atoms with van der Waals surface area (Å²) in [4.78, 5) is 8.81. The van der Waals surface area contributed by atoms with Crippen LogP contribution in [0.15, 0.2) is 34.3 Å². The summed E-state index contributed by atoms with van der Waals surface area (Å²) in [6.45, 7) is 8.80. The van der Waals surface area contributed by atoms with Crippen molar-refractivity contribution < 1.29 is 10.2 Å². The Hall–Kier alpha value is -2.62. The third-order valence-corrected chi connectivity index (χ3v) is 5.30. The Labute approximate surface area is 187 Å².